The van der Waals surface area contributed by atoms with Crippen LogP contribution in [0.3, 0.4) is 0 Å². The molecular formula is C34H45NO8. The summed E-state index contributed by atoms with van der Waals surface area (Å²) in [4.78, 5) is 39.2. The van der Waals surface area contributed by atoms with Crippen molar-refractivity contribution in [3.63, 3.8) is 0 Å². The summed E-state index contributed by atoms with van der Waals surface area (Å²) in [7, 11) is 2.68. The molecule has 2 aromatic carbocycles. The second-order valence-corrected chi connectivity index (χ2v) is 11.2. The lowest BCUT2D eigenvalue weighted by Gasteiger charge is -2.31. The highest BCUT2D eigenvalue weighted by atomic mass is 16.5. The van der Waals surface area contributed by atoms with Crippen LogP contribution in [-0.4, -0.2) is 76.0 Å². The van der Waals surface area contributed by atoms with E-state index in [9.17, 15) is 14.4 Å². The molecule has 0 atom stereocenters. The monoisotopic (exact) mass is 595 g/mol. The molecule has 2 aliphatic rings. The zero-order valence-corrected chi connectivity index (χ0v) is 25.5. The Labute approximate surface area is 254 Å². The smallest absolute Gasteiger partial charge is 0.337 e. The molecule has 1 heterocycles. The van der Waals surface area contributed by atoms with Crippen molar-refractivity contribution in [3.8, 4) is 11.5 Å². The van der Waals surface area contributed by atoms with E-state index in [-0.39, 0.29) is 23.4 Å². The summed E-state index contributed by atoms with van der Waals surface area (Å²) in [5.41, 5.74) is 1.76. The second-order valence-electron chi connectivity index (χ2n) is 11.2. The van der Waals surface area contributed by atoms with E-state index in [0.29, 0.717) is 56.6 Å². The van der Waals surface area contributed by atoms with Crippen LogP contribution in [0.1, 0.15) is 84.1 Å². The number of nitrogens with zero attached hydrogens (tertiary/aromatic N) is 1. The van der Waals surface area contributed by atoms with Crippen molar-refractivity contribution < 1.29 is 38.1 Å². The van der Waals surface area contributed by atoms with Crippen LogP contribution in [-0.2, 0) is 25.4 Å². The summed E-state index contributed by atoms with van der Waals surface area (Å²) < 4.78 is 27.5. The molecule has 9 heteroatoms. The van der Waals surface area contributed by atoms with Crippen LogP contribution in [0, 0.1) is 5.92 Å². The largest absolute Gasteiger partial charge is 0.494 e. The van der Waals surface area contributed by atoms with Crippen LogP contribution in [0.4, 0.5) is 0 Å². The van der Waals surface area contributed by atoms with Crippen molar-refractivity contribution in [1.82, 2.24) is 4.90 Å². The second kappa shape index (κ2) is 16.9. The number of hydrogen-bond acceptors (Lipinski definition) is 8. The predicted molar refractivity (Wildman–Crippen MR) is 162 cm³/mol. The van der Waals surface area contributed by atoms with Crippen LogP contribution in [0.25, 0.3) is 0 Å². The number of carbonyl (C=O) groups is 3. The third-order valence-corrected chi connectivity index (χ3v) is 8.20. The van der Waals surface area contributed by atoms with Crippen molar-refractivity contribution in [2.24, 2.45) is 5.92 Å². The van der Waals surface area contributed by atoms with Gasteiger partial charge < -0.3 is 28.6 Å². The number of esters is 2. The molecule has 0 unspecified atom stereocenters. The number of carbonyl (C=O) groups excluding carboxylic acids is 3. The predicted octanol–water partition coefficient (Wildman–Crippen LogP) is 5.63. The lowest BCUT2D eigenvalue weighted by Crippen LogP contribution is -2.40. The summed E-state index contributed by atoms with van der Waals surface area (Å²) in [5, 5.41) is 0. The molecule has 0 bridgehead atoms. The number of ether oxygens (including phenoxy) is 5. The first-order chi connectivity index (χ1) is 21.0. The van der Waals surface area contributed by atoms with Gasteiger partial charge in [-0.2, -0.15) is 0 Å². The molecule has 1 saturated carbocycles. The topological polar surface area (TPSA) is 101 Å². The number of methoxy groups -OCH3 is 2. The van der Waals surface area contributed by atoms with Crippen molar-refractivity contribution >= 4 is 17.8 Å². The fourth-order valence-corrected chi connectivity index (χ4v) is 5.63. The van der Waals surface area contributed by atoms with Gasteiger partial charge in [-0.15, -0.1) is 0 Å². The van der Waals surface area contributed by atoms with Gasteiger partial charge in [0.1, 0.15) is 11.5 Å². The summed E-state index contributed by atoms with van der Waals surface area (Å²) in [6.07, 6.45) is 10.1. The van der Waals surface area contributed by atoms with Gasteiger partial charge in [0.15, 0.2) is 0 Å². The van der Waals surface area contributed by atoms with E-state index < -0.39 is 5.97 Å². The van der Waals surface area contributed by atoms with E-state index in [1.807, 2.05) is 12.1 Å². The van der Waals surface area contributed by atoms with Gasteiger partial charge in [-0.1, -0.05) is 25.0 Å². The Bertz CT molecular complexity index is 1180. The quantitative estimate of drug-likeness (QED) is 0.193. The summed E-state index contributed by atoms with van der Waals surface area (Å²) in [6, 6.07) is 12.9. The Morgan fingerprint density at radius 2 is 1.49 bits per heavy atom. The number of amides is 1. The van der Waals surface area contributed by atoms with Gasteiger partial charge in [-0.25, -0.2) is 4.79 Å². The number of unbranched alkanes of at least 4 members (excludes halogenated alkanes) is 1. The summed E-state index contributed by atoms with van der Waals surface area (Å²) >= 11 is 0. The standard InChI is InChI=1S/C34H45NO8/c1-39-33(37)26-17-19-35(20-18-26)32(36)30-24-27(34(38)40-2)13-16-31(30)43-23-7-8-25-11-14-29(15-12-25)42-22-6-5-21-41-28-9-3-4-10-28/h11-16,24,26,28H,3-10,17-23H2,1-2H3. The van der Waals surface area contributed by atoms with Crippen molar-refractivity contribution in [2.75, 3.05) is 47.1 Å². The zero-order chi connectivity index (χ0) is 30.4. The molecule has 1 aliphatic carbocycles. The number of piperidine rings is 1. The maximum atomic E-state index is 13.5. The minimum Gasteiger partial charge on any atom is -0.494 e. The van der Waals surface area contributed by atoms with Crippen molar-refractivity contribution in [2.45, 2.75) is 70.3 Å². The van der Waals surface area contributed by atoms with Gasteiger partial charge in [-0.3, -0.25) is 9.59 Å². The molecule has 43 heavy (non-hydrogen) atoms. The van der Waals surface area contributed by atoms with Crippen LogP contribution >= 0.6 is 0 Å². The molecule has 1 amide bonds. The van der Waals surface area contributed by atoms with Gasteiger partial charge >= 0.3 is 11.9 Å². The van der Waals surface area contributed by atoms with Crippen LogP contribution < -0.4 is 9.47 Å². The maximum Gasteiger partial charge on any atom is 0.337 e. The maximum absolute atomic E-state index is 13.5. The van der Waals surface area contributed by atoms with Crippen molar-refractivity contribution in [1.29, 1.82) is 0 Å². The Balaban J connectivity index is 1.22. The lowest BCUT2D eigenvalue weighted by molar-refractivity contribution is -0.146. The number of rotatable bonds is 15. The molecule has 9 nitrogen and oxygen atoms in total. The molecule has 0 spiro atoms. The highest BCUT2D eigenvalue weighted by Gasteiger charge is 2.30. The molecule has 0 N–H and O–H groups in total. The van der Waals surface area contributed by atoms with E-state index in [1.165, 1.54) is 51.5 Å². The molecule has 2 fully saturated rings. The van der Waals surface area contributed by atoms with Gasteiger partial charge in [0.25, 0.3) is 5.91 Å². The van der Waals surface area contributed by atoms with Gasteiger partial charge in [-0.05, 0) is 87.3 Å². The van der Waals surface area contributed by atoms with E-state index in [1.54, 1.807) is 17.0 Å². The first-order valence-electron chi connectivity index (χ1n) is 15.5. The van der Waals surface area contributed by atoms with Crippen LogP contribution in [0.15, 0.2) is 42.5 Å². The summed E-state index contributed by atoms with van der Waals surface area (Å²) in [6.45, 7) is 2.75. The van der Waals surface area contributed by atoms with E-state index in [4.69, 9.17) is 23.7 Å². The highest BCUT2D eigenvalue weighted by Crippen LogP contribution is 2.27. The lowest BCUT2D eigenvalue weighted by atomic mass is 9.96. The molecule has 1 saturated heterocycles. The van der Waals surface area contributed by atoms with Crippen molar-refractivity contribution in [3.05, 3.63) is 59.2 Å². The Morgan fingerprint density at radius 3 is 2.19 bits per heavy atom. The molecule has 0 radical (unpaired) electrons. The molecule has 0 aromatic heterocycles. The van der Waals surface area contributed by atoms with Gasteiger partial charge in [0, 0.05) is 19.7 Å². The Kier molecular flexibility index (Phi) is 12.7. The number of likely N-dealkylation sites (tertiary alicyclic amines) is 1. The Hall–Kier alpha value is -3.59. The fraction of sp³-hybridized carbons (Fsp3) is 0.559. The van der Waals surface area contributed by atoms with E-state index in [0.717, 1.165) is 38.0 Å². The number of aryl methyl sites for hydroxylation is 1. The minimum atomic E-state index is -0.522. The highest BCUT2D eigenvalue weighted by molar-refractivity contribution is 6.00. The zero-order valence-electron chi connectivity index (χ0n) is 25.5. The molecule has 4 rings (SSSR count). The number of hydrogen-bond donors (Lipinski definition) is 0. The third kappa shape index (κ3) is 9.71. The molecular weight excluding hydrogens is 550 g/mol. The molecule has 234 valence electrons. The first-order valence-corrected chi connectivity index (χ1v) is 15.5. The van der Waals surface area contributed by atoms with Gasteiger partial charge in [0.05, 0.1) is 50.6 Å². The van der Waals surface area contributed by atoms with E-state index >= 15 is 0 Å². The minimum absolute atomic E-state index is 0.210. The first kappa shape index (κ1) is 32.3. The molecule has 2 aromatic rings. The summed E-state index contributed by atoms with van der Waals surface area (Å²) in [5.74, 6) is 0.0671. The average Bonchev–Trinajstić information content (AvgIpc) is 3.58. The van der Waals surface area contributed by atoms with Crippen LogP contribution in [0.2, 0.25) is 0 Å². The normalized spacial score (nSPS) is 15.7. The third-order valence-electron chi connectivity index (χ3n) is 8.20. The van der Waals surface area contributed by atoms with Gasteiger partial charge in [0.2, 0.25) is 0 Å². The molecule has 1 aliphatic heterocycles. The number of benzene rings is 2. The Morgan fingerprint density at radius 1 is 0.791 bits per heavy atom. The SMILES string of the molecule is COC(=O)c1ccc(OCCCc2ccc(OCCCCOC3CCCC3)cc2)c(C(=O)N2CCC(C(=O)OC)CC2)c1. The average molecular weight is 596 g/mol. The van der Waals surface area contributed by atoms with Crippen LogP contribution in [0.5, 0.6) is 11.5 Å². The van der Waals surface area contributed by atoms with E-state index in [2.05, 4.69) is 12.1 Å². The fourth-order valence-electron chi connectivity index (χ4n) is 5.63.